The average molecular weight is 450 g/mol. The first kappa shape index (κ1) is 23.8. The molecular weight excluding hydrogens is 428 g/mol. The van der Waals surface area contributed by atoms with Crippen molar-refractivity contribution in [3.63, 3.8) is 0 Å². The van der Waals surface area contributed by atoms with E-state index in [1.807, 2.05) is 0 Å². The van der Waals surface area contributed by atoms with E-state index in [2.05, 4.69) is 5.32 Å². The van der Waals surface area contributed by atoms with Gasteiger partial charge in [-0.25, -0.2) is 9.59 Å². The largest absolute Gasteiger partial charge is 0.507 e. The topological polar surface area (TPSA) is 154 Å². The number of anilines is 1. The van der Waals surface area contributed by atoms with Crippen molar-refractivity contribution in [2.75, 3.05) is 32.2 Å². The zero-order chi connectivity index (χ0) is 23.1. The Kier molecular flexibility index (Phi) is 8.11. The molecule has 0 bridgehead atoms. The number of esters is 2. The molecule has 0 spiro atoms. The third kappa shape index (κ3) is 5.80. The number of benzene rings is 1. The molecule has 1 aromatic heterocycles. The molecule has 31 heavy (non-hydrogen) atoms. The van der Waals surface area contributed by atoms with Gasteiger partial charge in [-0.2, -0.15) is 0 Å². The smallest absolute Gasteiger partial charge is 0.342 e. The minimum Gasteiger partial charge on any atom is -0.507 e. The van der Waals surface area contributed by atoms with Crippen LogP contribution in [0.3, 0.4) is 0 Å². The SMILES string of the molecule is COCCOC(=O)c1c(NC(=O)COC(=O)c2cccc(C)c2O)sc(C(N)=O)c1C. The molecule has 166 valence electrons. The van der Waals surface area contributed by atoms with Gasteiger partial charge in [0.1, 0.15) is 22.9 Å². The number of phenolic OH excluding ortho intramolecular Hbond substituents is 1. The van der Waals surface area contributed by atoms with Gasteiger partial charge in [0, 0.05) is 7.11 Å². The fourth-order valence-corrected chi connectivity index (χ4v) is 3.63. The molecule has 2 amide bonds. The van der Waals surface area contributed by atoms with E-state index in [1.54, 1.807) is 19.1 Å². The maximum absolute atomic E-state index is 12.4. The lowest BCUT2D eigenvalue weighted by atomic mass is 10.1. The van der Waals surface area contributed by atoms with Gasteiger partial charge < -0.3 is 30.4 Å². The van der Waals surface area contributed by atoms with Crippen molar-refractivity contribution in [3.05, 3.63) is 45.3 Å². The monoisotopic (exact) mass is 450 g/mol. The number of nitrogens with one attached hydrogen (secondary N) is 1. The third-order valence-corrected chi connectivity index (χ3v) is 5.36. The van der Waals surface area contributed by atoms with Gasteiger partial charge in [0.2, 0.25) is 0 Å². The van der Waals surface area contributed by atoms with Crippen molar-refractivity contribution in [3.8, 4) is 5.75 Å². The first-order valence-electron chi connectivity index (χ1n) is 9.02. The van der Waals surface area contributed by atoms with Crippen LogP contribution in [0.5, 0.6) is 5.75 Å². The van der Waals surface area contributed by atoms with Gasteiger partial charge in [-0.3, -0.25) is 9.59 Å². The van der Waals surface area contributed by atoms with Crippen LogP contribution in [0.1, 0.15) is 41.5 Å². The van der Waals surface area contributed by atoms with E-state index in [-0.39, 0.29) is 45.5 Å². The lowest BCUT2D eigenvalue weighted by molar-refractivity contribution is -0.119. The summed E-state index contributed by atoms with van der Waals surface area (Å²) in [6.07, 6.45) is 0. The Morgan fingerprint density at radius 1 is 1.10 bits per heavy atom. The fraction of sp³-hybridized carbons (Fsp3) is 0.300. The lowest BCUT2D eigenvalue weighted by Crippen LogP contribution is -2.22. The minimum absolute atomic E-state index is 0.0223. The van der Waals surface area contributed by atoms with Gasteiger partial charge in [0.25, 0.3) is 11.8 Å². The van der Waals surface area contributed by atoms with Crippen molar-refractivity contribution < 1.29 is 38.5 Å². The second-order valence-corrected chi connectivity index (χ2v) is 7.37. The zero-order valence-corrected chi connectivity index (χ0v) is 18.0. The van der Waals surface area contributed by atoms with Gasteiger partial charge >= 0.3 is 11.9 Å². The first-order valence-corrected chi connectivity index (χ1v) is 9.83. The third-order valence-electron chi connectivity index (χ3n) is 4.14. The predicted molar refractivity (Wildman–Crippen MR) is 111 cm³/mol. The molecular formula is C20H22N2O8S. The van der Waals surface area contributed by atoms with Crippen LogP contribution in [0.15, 0.2) is 18.2 Å². The molecule has 0 radical (unpaired) electrons. The van der Waals surface area contributed by atoms with E-state index in [9.17, 15) is 24.3 Å². The van der Waals surface area contributed by atoms with E-state index < -0.39 is 30.4 Å². The maximum Gasteiger partial charge on any atom is 0.342 e. The number of aryl methyl sites for hydroxylation is 1. The molecule has 2 aromatic rings. The average Bonchev–Trinajstić information content (AvgIpc) is 3.04. The van der Waals surface area contributed by atoms with Crippen LogP contribution >= 0.6 is 11.3 Å². The lowest BCUT2D eigenvalue weighted by Gasteiger charge is -2.09. The molecule has 10 nitrogen and oxygen atoms in total. The normalized spacial score (nSPS) is 10.4. The number of amides is 2. The first-order chi connectivity index (χ1) is 14.7. The number of carbonyl (C=O) groups excluding carboxylic acids is 4. The summed E-state index contributed by atoms with van der Waals surface area (Å²) in [5, 5.41) is 12.4. The summed E-state index contributed by atoms with van der Waals surface area (Å²) >= 11 is 0.806. The molecule has 0 saturated heterocycles. The van der Waals surface area contributed by atoms with Crippen molar-refractivity contribution in [2.45, 2.75) is 13.8 Å². The summed E-state index contributed by atoms with van der Waals surface area (Å²) in [4.78, 5) is 48.6. The Hall–Kier alpha value is -3.44. The second kappa shape index (κ2) is 10.5. The number of rotatable bonds is 9. The number of ether oxygens (including phenoxy) is 3. The number of aromatic hydroxyl groups is 1. The predicted octanol–water partition coefficient (Wildman–Crippen LogP) is 1.77. The van der Waals surface area contributed by atoms with Gasteiger partial charge in [-0.15, -0.1) is 11.3 Å². The number of methoxy groups -OCH3 is 1. The second-order valence-electron chi connectivity index (χ2n) is 6.35. The highest BCUT2D eigenvalue weighted by Crippen LogP contribution is 2.33. The molecule has 1 heterocycles. The summed E-state index contributed by atoms with van der Waals surface area (Å²) in [7, 11) is 1.44. The van der Waals surface area contributed by atoms with Gasteiger partial charge in [-0.05, 0) is 31.0 Å². The van der Waals surface area contributed by atoms with Gasteiger partial charge in [-0.1, -0.05) is 12.1 Å². The summed E-state index contributed by atoms with van der Waals surface area (Å²) in [5.41, 5.74) is 5.96. The van der Waals surface area contributed by atoms with Crippen molar-refractivity contribution in [1.82, 2.24) is 0 Å². The van der Waals surface area contributed by atoms with Gasteiger partial charge in [0.05, 0.1) is 17.0 Å². The molecule has 0 saturated carbocycles. The van der Waals surface area contributed by atoms with Crippen LogP contribution in [-0.2, 0) is 19.0 Å². The van der Waals surface area contributed by atoms with Crippen LogP contribution in [0.2, 0.25) is 0 Å². The number of hydrogen-bond acceptors (Lipinski definition) is 9. The Labute approximate surface area is 181 Å². The van der Waals surface area contributed by atoms with E-state index in [0.717, 1.165) is 11.3 Å². The number of thiophene rings is 1. The molecule has 0 aliphatic carbocycles. The quantitative estimate of drug-likeness (QED) is 0.386. The molecule has 0 aliphatic rings. The van der Waals surface area contributed by atoms with Crippen molar-refractivity contribution in [2.24, 2.45) is 5.73 Å². The Morgan fingerprint density at radius 2 is 1.81 bits per heavy atom. The number of carbonyl (C=O) groups is 4. The number of para-hydroxylation sites is 1. The standard InChI is InChI=1S/C20H22N2O8S/c1-10-5-4-6-12(15(10)24)19(26)30-9-13(23)22-18-14(20(27)29-8-7-28-3)11(2)16(31-18)17(21)25/h4-6,24H,7-9H2,1-3H3,(H2,21,25)(H,22,23). The number of nitrogens with two attached hydrogens (primary N) is 1. The zero-order valence-electron chi connectivity index (χ0n) is 17.1. The molecule has 0 fully saturated rings. The highest BCUT2D eigenvalue weighted by atomic mass is 32.1. The molecule has 11 heteroatoms. The van der Waals surface area contributed by atoms with E-state index in [0.29, 0.717) is 5.56 Å². The number of primary amides is 1. The summed E-state index contributed by atoms with van der Waals surface area (Å²) < 4.78 is 14.8. The Bertz CT molecular complexity index is 1010. The highest BCUT2D eigenvalue weighted by molar-refractivity contribution is 7.18. The van der Waals surface area contributed by atoms with Crippen LogP contribution < -0.4 is 11.1 Å². The summed E-state index contributed by atoms with van der Waals surface area (Å²) in [6, 6.07) is 4.53. The van der Waals surface area contributed by atoms with Crippen molar-refractivity contribution >= 4 is 40.1 Å². The van der Waals surface area contributed by atoms with Crippen molar-refractivity contribution in [1.29, 1.82) is 0 Å². The number of phenols is 1. The molecule has 0 aliphatic heterocycles. The Morgan fingerprint density at radius 3 is 2.45 bits per heavy atom. The van der Waals surface area contributed by atoms with Crippen LogP contribution in [0.25, 0.3) is 0 Å². The number of hydrogen-bond donors (Lipinski definition) is 3. The highest BCUT2D eigenvalue weighted by Gasteiger charge is 2.26. The van der Waals surface area contributed by atoms with E-state index in [1.165, 1.54) is 20.1 Å². The van der Waals surface area contributed by atoms with Gasteiger partial charge in [0.15, 0.2) is 6.61 Å². The fourth-order valence-electron chi connectivity index (χ4n) is 2.57. The van der Waals surface area contributed by atoms with Crippen LogP contribution in [0.4, 0.5) is 5.00 Å². The molecule has 1 aromatic carbocycles. The van der Waals surface area contributed by atoms with Crippen LogP contribution in [0, 0.1) is 13.8 Å². The summed E-state index contributed by atoms with van der Waals surface area (Å²) in [5.74, 6) is -3.43. The molecule has 0 atom stereocenters. The molecule has 0 unspecified atom stereocenters. The molecule has 4 N–H and O–H groups in total. The van der Waals surface area contributed by atoms with Crippen LogP contribution in [-0.4, -0.2) is 55.8 Å². The summed E-state index contributed by atoms with van der Waals surface area (Å²) in [6.45, 7) is 2.57. The Balaban J connectivity index is 2.13. The maximum atomic E-state index is 12.4. The molecule has 2 rings (SSSR count). The minimum atomic E-state index is -0.893. The van der Waals surface area contributed by atoms with E-state index in [4.69, 9.17) is 19.9 Å². The van der Waals surface area contributed by atoms with E-state index >= 15 is 0 Å².